The number of aromatic nitrogens is 1. The zero-order valence-electron chi connectivity index (χ0n) is 15.8. The number of carbonyl (C=O) groups is 1. The standard InChI is InChI=1S/C22H29ClN2O/c1-17(2)22(26)25(20-10-4-3-5-11-20)16-21-12-7-13-24(21)15-18-8-6-9-19(23)14-18/h6-9,12-14,17,20H,3-5,10-11,15-16H2,1-2H3. The minimum atomic E-state index is 0.0354. The summed E-state index contributed by atoms with van der Waals surface area (Å²) in [4.78, 5) is 15.0. The van der Waals surface area contributed by atoms with E-state index in [2.05, 4.69) is 33.9 Å². The highest BCUT2D eigenvalue weighted by molar-refractivity contribution is 6.30. The molecule has 0 spiro atoms. The minimum absolute atomic E-state index is 0.0354. The van der Waals surface area contributed by atoms with Crippen molar-refractivity contribution in [3.05, 3.63) is 58.9 Å². The lowest BCUT2D eigenvalue weighted by Crippen LogP contribution is -2.43. The summed E-state index contributed by atoms with van der Waals surface area (Å²) in [5, 5.41) is 0.759. The molecule has 0 aliphatic heterocycles. The first-order chi connectivity index (χ1) is 12.5. The zero-order valence-corrected chi connectivity index (χ0v) is 16.6. The van der Waals surface area contributed by atoms with Crippen molar-refractivity contribution in [2.75, 3.05) is 0 Å². The Balaban J connectivity index is 1.78. The molecule has 1 aromatic heterocycles. The molecule has 1 amide bonds. The van der Waals surface area contributed by atoms with E-state index >= 15 is 0 Å². The number of nitrogens with zero attached hydrogens (tertiary/aromatic N) is 2. The van der Waals surface area contributed by atoms with Crippen LogP contribution in [0.15, 0.2) is 42.6 Å². The molecule has 1 fully saturated rings. The van der Waals surface area contributed by atoms with E-state index in [0.717, 1.165) is 24.4 Å². The van der Waals surface area contributed by atoms with Gasteiger partial charge in [0, 0.05) is 35.4 Å². The van der Waals surface area contributed by atoms with Gasteiger partial charge in [0.25, 0.3) is 0 Å². The second-order valence-electron chi connectivity index (χ2n) is 7.67. The second-order valence-corrected chi connectivity index (χ2v) is 8.11. The summed E-state index contributed by atoms with van der Waals surface area (Å²) in [6.07, 6.45) is 8.12. The van der Waals surface area contributed by atoms with Gasteiger partial charge in [-0.15, -0.1) is 0 Å². The summed E-state index contributed by atoms with van der Waals surface area (Å²) in [5.74, 6) is 0.306. The van der Waals surface area contributed by atoms with Crippen LogP contribution in [0.4, 0.5) is 0 Å². The molecule has 1 aliphatic carbocycles. The van der Waals surface area contributed by atoms with Gasteiger partial charge in [-0.1, -0.05) is 56.8 Å². The molecule has 3 rings (SSSR count). The maximum Gasteiger partial charge on any atom is 0.225 e. The normalized spacial score (nSPS) is 15.4. The average Bonchev–Trinajstić information content (AvgIpc) is 3.06. The van der Waals surface area contributed by atoms with Crippen LogP contribution in [0.1, 0.15) is 57.2 Å². The lowest BCUT2D eigenvalue weighted by atomic mass is 9.93. The van der Waals surface area contributed by atoms with Gasteiger partial charge < -0.3 is 9.47 Å². The van der Waals surface area contributed by atoms with E-state index in [0.29, 0.717) is 12.6 Å². The molecule has 0 saturated heterocycles. The number of carbonyl (C=O) groups excluding carboxylic acids is 1. The third-order valence-electron chi connectivity index (χ3n) is 5.29. The highest BCUT2D eigenvalue weighted by Crippen LogP contribution is 2.26. The molecule has 0 atom stereocenters. The van der Waals surface area contributed by atoms with Crippen molar-refractivity contribution in [2.24, 2.45) is 5.92 Å². The van der Waals surface area contributed by atoms with E-state index in [1.807, 2.05) is 32.0 Å². The van der Waals surface area contributed by atoms with E-state index < -0.39 is 0 Å². The molecule has 4 heteroatoms. The SMILES string of the molecule is CC(C)C(=O)N(Cc1cccn1Cc1cccc(Cl)c1)C1CCCCC1. The Bertz CT molecular complexity index is 731. The highest BCUT2D eigenvalue weighted by Gasteiger charge is 2.27. The fourth-order valence-corrected chi connectivity index (χ4v) is 4.08. The molecule has 26 heavy (non-hydrogen) atoms. The summed E-state index contributed by atoms with van der Waals surface area (Å²) in [7, 11) is 0. The van der Waals surface area contributed by atoms with Gasteiger partial charge in [-0.25, -0.2) is 0 Å². The predicted molar refractivity (Wildman–Crippen MR) is 107 cm³/mol. The molecule has 140 valence electrons. The number of hydrogen-bond donors (Lipinski definition) is 0. The van der Waals surface area contributed by atoms with Crippen LogP contribution in [-0.2, 0) is 17.9 Å². The molecule has 3 nitrogen and oxygen atoms in total. The van der Waals surface area contributed by atoms with Gasteiger partial charge in [0.2, 0.25) is 5.91 Å². The number of hydrogen-bond acceptors (Lipinski definition) is 1. The Morgan fingerprint density at radius 2 is 1.96 bits per heavy atom. The van der Waals surface area contributed by atoms with Crippen molar-refractivity contribution >= 4 is 17.5 Å². The molecule has 1 saturated carbocycles. The highest BCUT2D eigenvalue weighted by atomic mass is 35.5. The molecule has 0 bridgehead atoms. The lowest BCUT2D eigenvalue weighted by Gasteiger charge is -2.36. The van der Waals surface area contributed by atoms with Crippen LogP contribution in [0.25, 0.3) is 0 Å². The third-order valence-corrected chi connectivity index (χ3v) is 5.53. The molecule has 1 aromatic carbocycles. The molecule has 1 aliphatic rings. The summed E-state index contributed by atoms with van der Waals surface area (Å²) >= 11 is 6.12. The van der Waals surface area contributed by atoms with Gasteiger partial charge in [0.1, 0.15) is 0 Å². The monoisotopic (exact) mass is 372 g/mol. The molecule has 0 N–H and O–H groups in total. The third kappa shape index (κ3) is 4.70. The molecule has 2 aromatic rings. The second kappa shape index (κ2) is 8.77. The zero-order chi connectivity index (χ0) is 18.5. The van der Waals surface area contributed by atoms with Crippen LogP contribution < -0.4 is 0 Å². The van der Waals surface area contributed by atoms with Crippen molar-refractivity contribution < 1.29 is 4.79 Å². The smallest absolute Gasteiger partial charge is 0.225 e. The number of rotatable bonds is 6. The van der Waals surface area contributed by atoms with E-state index in [1.165, 1.54) is 30.5 Å². The van der Waals surface area contributed by atoms with Crippen LogP contribution >= 0.6 is 11.6 Å². The maximum absolute atomic E-state index is 12.9. The summed E-state index contributed by atoms with van der Waals surface area (Å²) in [6.45, 7) is 5.47. The number of halogens is 1. The van der Waals surface area contributed by atoms with Crippen molar-refractivity contribution in [2.45, 2.75) is 65.1 Å². The molecule has 1 heterocycles. The summed E-state index contributed by atoms with van der Waals surface area (Å²) in [5.41, 5.74) is 2.36. The van der Waals surface area contributed by atoms with Crippen molar-refractivity contribution in [1.82, 2.24) is 9.47 Å². The average molecular weight is 373 g/mol. The van der Waals surface area contributed by atoms with Gasteiger partial charge in [0.15, 0.2) is 0 Å². The van der Waals surface area contributed by atoms with Gasteiger partial charge in [-0.3, -0.25) is 4.79 Å². The van der Waals surface area contributed by atoms with Crippen LogP contribution in [0.2, 0.25) is 5.02 Å². The van der Waals surface area contributed by atoms with E-state index in [4.69, 9.17) is 11.6 Å². The Morgan fingerprint density at radius 3 is 2.65 bits per heavy atom. The van der Waals surface area contributed by atoms with Crippen LogP contribution in [0.5, 0.6) is 0 Å². The first-order valence-corrected chi connectivity index (χ1v) is 10.1. The first-order valence-electron chi connectivity index (χ1n) is 9.73. The van der Waals surface area contributed by atoms with E-state index in [1.54, 1.807) is 0 Å². The van der Waals surface area contributed by atoms with Crippen LogP contribution in [0, 0.1) is 5.92 Å². The minimum Gasteiger partial charge on any atom is -0.345 e. The fourth-order valence-electron chi connectivity index (χ4n) is 3.87. The Hall–Kier alpha value is -1.74. The summed E-state index contributed by atoms with van der Waals surface area (Å²) in [6, 6.07) is 12.6. The molecule has 0 radical (unpaired) electrons. The lowest BCUT2D eigenvalue weighted by molar-refractivity contribution is -0.138. The predicted octanol–water partition coefficient (Wildman–Crippen LogP) is 5.51. The van der Waals surface area contributed by atoms with Gasteiger partial charge in [0.05, 0.1) is 6.54 Å². The van der Waals surface area contributed by atoms with Crippen LogP contribution in [-0.4, -0.2) is 21.4 Å². The van der Waals surface area contributed by atoms with Gasteiger partial charge in [-0.05, 0) is 42.7 Å². The molecular formula is C22H29ClN2O. The number of benzene rings is 1. The van der Waals surface area contributed by atoms with Crippen molar-refractivity contribution in [3.8, 4) is 0 Å². The largest absolute Gasteiger partial charge is 0.345 e. The fraction of sp³-hybridized carbons (Fsp3) is 0.500. The van der Waals surface area contributed by atoms with Crippen molar-refractivity contribution in [3.63, 3.8) is 0 Å². The summed E-state index contributed by atoms with van der Waals surface area (Å²) < 4.78 is 2.23. The van der Waals surface area contributed by atoms with Gasteiger partial charge in [-0.2, -0.15) is 0 Å². The van der Waals surface area contributed by atoms with E-state index in [-0.39, 0.29) is 11.8 Å². The van der Waals surface area contributed by atoms with Crippen molar-refractivity contribution in [1.29, 1.82) is 0 Å². The van der Waals surface area contributed by atoms with Crippen LogP contribution in [0.3, 0.4) is 0 Å². The maximum atomic E-state index is 12.9. The Kier molecular flexibility index (Phi) is 6.42. The molecular weight excluding hydrogens is 344 g/mol. The van der Waals surface area contributed by atoms with E-state index in [9.17, 15) is 4.79 Å². The first kappa shape index (κ1) is 19.0. The number of amides is 1. The van der Waals surface area contributed by atoms with Gasteiger partial charge >= 0.3 is 0 Å². The quantitative estimate of drug-likeness (QED) is 0.656. The Labute approximate surface area is 162 Å². The topological polar surface area (TPSA) is 25.2 Å². The Morgan fingerprint density at radius 1 is 1.19 bits per heavy atom. The molecule has 0 unspecified atom stereocenters.